The Morgan fingerprint density at radius 2 is 2.24 bits per heavy atom. The van der Waals surface area contributed by atoms with E-state index in [0.29, 0.717) is 16.5 Å². The molecule has 0 saturated heterocycles. The molecule has 3 N–H and O–H groups in total. The number of carboxylic acid groups (broad SMARTS) is 1. The summed E-state index contributed by atoms with van der Waals surface area (Å²) >= 11 is 3.28. The SMILES string of the molecule is CC(F)c1ccc(C(N)CCC(=O)O)cc1Br. The Balaban J connectivity index is 2.78. The van der Waals surface area contributed by atoms with Gasteiger partial charge in [0.1, 0.15) is 6.17 Å². The van der Waals surface area contributed by atoms with Crippen molar-refractivity contribution in [2.75, 3.05) is 0 Å². The van der Waals surface area contributed by atoms with Crippen LogP contribution in [0.2, 0.25) is 0 Å². The molecule has 17 heavy (non-hydrogen) atoms. The summed E-state index contributed by atoms with van der Waals surface area (Å²) in [4.78, 5) is 10.4. The third-order valence-corrected chi connectivity index (χ3v) is 3.24. The number of benzene rings is 1. The number of halogens is 2. The quantitative estimate of drug-likeness (QED) is 0.877. The van der Waals surface area contributed by atoms with Crippen LogP contribution in [0.1, 0.15) is 43.1 Å². The number of nitrogens with two attached hydrogens (primary N) is 1. The van der Waals surface area contributed by atoms with Crippen molar-refractivity contribution in [1.82, 2.24) is 0 Å². The third-order valence-electron chi connectivity index (χ3n) is 2.55. The van der Waals surface area contributed by atoms with Gasteiger partial charge >= 0.3 is 5.97 Å². The van der Waals surface area contributed by atoms with E-state index in [4.69, 9.17) is 10.8 Å². The molecule has 0 aliphatic rings. The molecule has 0 aliphatic heterocycles. The van der Waals surface area contributed by atoms with Crippen LogP contribution in [0.15, 0.2) is 22.7 Å². The van der Waals surface area contributed by atoms with E-state index >= 15 is 0 Å². The lowest BCUT2D eigenvalue weighted by atomic mass is 10.0. The highest BCUT2D eigenvalue weighted by Crippen LogP contribution is 2.29. The van der Waals surface area contributed by atoms with E-state index < -0.39 is 12.1 Å². The zero-order valence-electron chi connectivity index (χ0n) is 9.49. The zero-order valence-corrected chi connectivity index (χ0v) is 11.1. The van der Waals surface area contributed by atoms with Crippen LogP contribution in [-0.4, -0.2) is 11.1 Å². The van der Waals surface area contributed by atoms with Crippen LogP contribution in [0.3, 0.4) is 0 Å². The maximum atomic E-state index is 13.1. The van der Waals surface area contributed by atoms with Gasteiger partial charge in [-0.1, -0.05) is 28.1 Å². The van der Waals surface area contributed by atoms with Gasteiger partial charge in [0.2, 0.25) is 0 Å². The Morgan fingerprint density at radius 3 is 2.71 bits per heavy atom. The Bertz CT molecular complexity index is 409. The number of carboxylic acids is 1. The van der Waals surface area contributed by atoms with Crippen molar-refractivity contribution in [2.24, 2.45) is 5.73 Å². The molecule has 0 radical (unpaired) electrons. The predicted octanol–water partition coefficient (Wildman–Crippen LogP) is 3.34. The number of hydrogen-bond acceptors (Lipinski definition) is 2. The van der Waals surface area contributed by atoms with Gasteiger partial charge in [-0.05, 0) is 30.5 Å². The van der Waals surface area contributed by atoms with Gasteiger partial charge in [-0.15, -0.1) is 0 Å². The minimum Gasteiger partial charge on any atom is -0.481 e. The second-order valence-corrected chi connectivity index (χ2v) is 4.79. The maximum Gasteiger partial charge on any atom is 0.303 e. The summed E-state index contributed by atoms with van der Waals surface area (Å²) in [5.74, 6) is -0.867. The maximum absolute atomic E-state index is 13.1. The molecule has 0 fully saturated rings. The van der Waals surface area contributed by atoms with Gasteiger partial charge in [-0.25, -0.2) is 4.39 Å². The lowest BCUT2D eigenvalue weighted by Crippen LogP contribution is -2.12. The monoisotopic (exact) mass is 303 g/mol. The first-order chi connectivity index (χ1) is 7.91. The van der Waals surface area contributed by atoms with Gasteiger partial charge in [0.25, 0.3) is 0 Å². The average molecular weight is 304 g/mol. The highest BCUT2D eigenvalue weighted by molar-refractivity contribution is 9.10. The van der Waals surface area contributed by atoms with Crippen molar-refractivity contribution in [3.05, 3.63) is 33.8 Å². The summed E-state index contributed by atoms with van der Waals surface area (Å²) in [5, 5.41) is 8.57. The van der Waals surface area contributed by atoms with E-state index in [9.17, 15) is 9.18 Å². The number of aliphatic carboxylic acids is 1. The summed E-state index contributed by atoms with van der Waals surface area (Å²) in [6.45, 7) is 1.46. The highest BCUT2D eigenvalue weighted by atomic mass is 79.9. The summed E-state index contributed by atoms with van der Waals surface area (Å²) in [7, 11) is 0. The highest BCUT2D eigenvalue weighted by Gasteiger charge is 2.12. The first-order valence-electron chi connectivity index (χ1n) is 5.32. The fourth-order valence-electron chi connectivity index (χ4n) is 1.54. The van der Waals surface area contributed by atoms with Crippen molar-refractivity contribution >= 4 is 21.9 Å². The van der Waals surface area contributed by atoms with E-state index in [-0.39, 0.29) is 12.5 Å². The Hall–Kier alpha value is -0.940. The summed E-state index contributed by atoms with van der Waals surface area (Å²) in [6, 6.07) is 4.82. The Labute approximate surface area is 108 Å². The van der Waals surface area contributed by atoms with Crippen LogP contribution < -0.4 is 5.73 Å². The molecule has 2 atom stereocenters. The molecule has 0 amide bonds. The number of alkyl halides is 1. The fraction of sp³-hybridized carbons (Fsp3) is 0.417. The molecule has 2 unspecified atom stereocenters. The van der Waals surface area contributed by atoms with Crippen LogP contribution >= 0.6 is 15.9 Å². The first kappa shape index (κ1) is 14.1. The number of hydrogen-bond donors (Lipinski definition) is 2. The predicted molar refractivity (Wildman–Crippen MR) is 67.5 cm³/mol. The minimum absolute atomic E-state index is 0.0278. The molecule has 0 aliphatic carbocycles. The van der Waals surface area contributed by atoms with Crippen molar-refractivity contribution in [3.63, 3.8) is 0 Å². The van der Waals surface area contributed by atoms with E-state index in [0.717, 1.165) is 5.56 Å². The molecular weight excluding hydrogens is 289 g/mol. The van der Waals surface area contributed by atoms with E-state index in [1.165, 1.54) is 6.92 Å². The summed E-state index contributed by atoms with van der Waals surface area (Å²) < 4.78 is 13.8. The van der Waals surface area contributed by atoms with Gasteiger partial charge in [0.15, 0.2) is 0 Å². The molecule has 1 aromatic rings. The first-order valence-corrected chi connectivity index (χ1v) is 6.12. The standard InChI is InChI=1S/C12H15BrFNO2/c1-7(14)9-3-2-8(6-10(9)13)11(15)4-5-12(16)17/h2-3,6-7,11H,4-5,15H2,1H3,(H,16,17). The molecular formula is C12H15BrFNO2. The smallest absolute Gasteiger partial charge is 0.303 e. The topological polar surface area (TPSA) is 63.3 Å². The minimum atomic E-state index is -1.05. The third kappa shape index (κ3) is 4.09. The molecule has 94 valence electrons. The van der Waals surface area contributed by atoms with Crippen molar-refractivity contribution in [2.45, 2.75) is 32.0 Å². The van der Waals surface area contributed by atoms with Crippen LogP contribution in [0, 0.1) is 0 Å². The molecule has 0 heterocycles. The molecule has 5 heteroatoms. The van der Waals surface area contributed by atoms with Gasteiger partial charge in [0.05, 0.1) is 0 Å². The van der Waals surface area contributed by atoms with Gasteiger partial charge < -0.3 is 10.8 Å². The molecule has 0 aromatic heterocycles. The molecule has 0 bridgehead atoms. The summed E-state index contributed by atoms with van der Waals surface area (Å²) in [6.07, 6.45) is -0.652. The van der Waals surface area contributed by atoms with E-state index in [2.05, 4.69) is 15.9 Å². The largest absolute Gasteiger partial charge is 0.481 e. The number of rotatable bonds is 5. The Morgan fingerprint density at radius 1 is 1.59 bits per heavy atom. The second-order valence-electron chi connectivity index (χ2n) is 3.94. The molecule has 1 aromatic carbocycles. The molecule has 0 spiro atoms. The Kier molecular flexibility index (Phi) is 5.08. The second kappa shape index (κ2) is 6.12. The van der Waals surface area contributed by atoms with E-state index in [1.807, 2.05) is 0 Å². The van der Waals surface area contributed by atoms with Crippen LogP contribution in [0.25, 0.3) is 0 Å². The van der Waals surface area contributed by atoms with Gasteiger partial charge in [-0.2, -0.15) is 0 Å². The molecule has 0 saturated carbocycles. The zero-order chi connectivity index (χ0) is 13.0. The summed E-state index contributed by atoms with van der Waals surface area (Å²) in [5.41, 5.74) is 7.24. The van der Waals surface area contributed by atoms with E-state index in [1.54, 1.807) is 18.2 Å². The van der Waals surface area contributed by atoms with Gasteiger partial charge in [0, 0.05) is 16.9 Å². The molecule has 1 rings (SSSR count). The number of carbonyl (C=O) groups is 1. The molecule has 3 nitrogen and oxygen atoms in total. The van der Waals surface area contributed by atoms with Crippen molar-refractivity contribution in [1.29, 1.82) is 0 Å². The fourth-order valence-corrected chi connectivity index (χ4v) is 2.25. The average Bonchev–Trinajstić information content (AvgIpc) is 2.25. The van der Waals surface area contributed by atoms with Crippen LogP contribution in [-0.2, 0) is 4.79 Å². The van der Waals surface area contributed by atoms with Crippen LogP contribution in [0.4, 0.5) is 4.39 Å². The normalized spacial score (nSPS) is 14.4. The van der Waals surface area contributed by atoms with Crippen LogP contribution in [0.5, 0.6) is 0 Å². The van der Waals surface area contributed by atoms with Gasteiger partial charge in [-0.3, -0.25) is 4.79 Å². The van der Waals surface area contributed by atoms with Crippen molar-refractivity contribution in [3.8, 4) is 0 Å². The lowest BCUT2D eigenvalue weighted by Gasteiger charge is -2.13. The van der Waals surface area contributed by atoms with Crippen molar-refractivity contribution < 1.29 is 14.3 Å². The lowest BCUT2D eigenvalue weighted by molar-refractivity contribution is -0.137.